The van der Waals surface area contributed by atoms with E-state index in [2.05, 4.69) is 16.3 Å². The summed E-state index contributed by atoms with van der Waals surface area (Å²) >= 11 is 0. The van der Waals surface area contributed by atoms with Gasteiger partial charge < -0.3 is 15.0 Å². The minimum absolute atomic E-state index is 0.00731. The van der Waals surface area contributed by atoms with E-state index in [0.717, 1.165) is 35.7 Å². The predicted molar refractivity (Wildman–Crippen MR) is 121 cm³/mol. The Morgan fingerprint density at radius 1 is 1.16 bits per heavy atom. The third kappa shape index (κ3) is 4.90. The molecule has 0 aromatic heterocycles. The fourth-order valence-electron chi connectivity index (χ4n) is 4.56. The van der Waals surface area contributed by atoms with Crippen LogP contribution in [0.4, 0.5) is 5.69 Å². The first-order valence-electron chi connectivity index (χ1n) is 11.1. The summed E-state index contributed by atoms with van der Waals surface area (Å²) in [6.45, 7) is 5.04. The number of nitrogens with zero attached hydrogens (tertiary/aromatic N) is 2. The van der Waals surface area contributed by atoms with Gasteiger partial charge in [-0.1, -0.05) is 29.8 Å². The minimum atomic E-state index is -0.321. The van der Waals surface area contributed by atoms with E-state index in [1.54, 1.807) is 12.0 Å². The second-order valence-electron chi connectivity index (χ2n) is 8.52. The Hall–Kier alpha value is -2.86. The van der Waals surface area contributed by atoms with Crippen LogP contribution >= 0.6 is 0 Å². The third-order valence-corrected chi connectivity index (χ3v) is 6.37. The maximum Gasteiger partial charge on any atom is 0.227 e. The first kappa shape index (κ1) is 21.4. The van der Waals surface area contributed by atoms with E-state index in [4.69, 9.17) is 4.74 Å². The molecule has 2 fully saturated rings. The molecule has 0 spiro atoms. The van der Waals surface area contributed by atoms with E-state index in [-0.39, 0.29) is 30.2 Å². The van der Waals surface area contributed by atoms with Gasteiger partial charge in [-0.15, -0.1) is 0 Å². The zero-order chi connectivity index (χ0) is 21.8. The van der Waals surface area contributed by atoms with Gasteiger partial charge >= 0.3 is 0 Å². The van der Waals surface area contributed by atoms with Crippen LogP contribution in [0, 0.1) is 12.8 Å². The number of nitrogens with one attached hydrogen (secondary N) is 1. The first-order chi connectivity index (χ1) is 15.0. The standard InChI is InChI=1S/C25H31N3O3/c1-18-8-10-21(11-9-18)28-17-20(15-24(28)29)25(30)26-16-23(27-12-3-4-13-27)19-6-5-7-22(14-19)31-2/h5-11,14,20,23H,3-4,12-13,15-17H2,1-2H3,(H,26,30). The topological polar surface area (TPSA) is 61.9 Å². The van der Waals surface area contributed by atoms with Crippen molar-refractivity contribution in [2.75, 3.05) is 38.2 Å². The molecule has 2 aromatic carbocycles. The monoisotopic (exact) mass is 421 g/mol. The van der Waals surface area contributed by atoms with Gasteiger partial charge in [0, 0.05) is 25.2 Å². The number of rotatable bonds is 7. The molecule has 2 aliphatic rings. The maximum atomic E-state index is 13.0. The Bertz CT molecular complexity index is 922. The van der Waals surface area contributed by atoms with Crippen molar-refractivity contribution in [2.24, 2.45) is 5.92 Å². The number of hydrogen-bond acceptors (Lipinski definition) is 4. The lowest BCUT2D eigenvalue weighted by molar-refractivity contribution is -0.126. The smallest absolute Gasteiger partial charge is 0.227 e. The van der Waals surface area contributed by atoms with Gasteiger partial charge in [0.05, 0.1) is 19.1 Å². The Labute approximate surface area is 184 Å². The van der Waals surface area contributed by atoms with Gasteiger partial charge in [0.15, 0.2) is 0 Å². The molecular formula is C25H31N3O3. The maximum absolute atomic E-state index is 13.0. The summed E-state index contributed by atoms with van der Waals surface area (Å²) in [5, 5.41) is 3.14. The number of likely N-dealkylation sites (tertiary alicyclic amines) is 1. The van der Waals surface area contributed by atoms with Crippen molar-refractivity contribution < 1.29 is 14.3 Å². The number of carbonyl (C=O) groups is 2. The van der Waals surface area contributed by atoms with E-state index in [9.17, 15) is 9.59 Å². The Morgan fingerprint density at radius 3 is 2.61 bits per heavy atom. The van der Waals surface area contributed by atoms with Crippen molar-refractivity contribution in [2.45, 2.75) is 32.2 Å². The molecule has 6 heteroatoms. The molecule has 1 N–H and O–H groups in total. The van der Waals surface area contributed by atoms with Gasteiger partial charge in [-0.05, 0) is 62.7 Å². The molecule has 2 heterocycles. The van der Waals surface area contributed by atoms with E-state index < -0.39 is 0 Å². The molecule has 4 rings (SSSR count). The van der Waals surface area contributed by atoms with Gasteiger partial charge in [-0.25, -0.2) is 0 Å². The fraction of sp³-hybridized carbons (Fsp3) is 0.440. The number of hydrogen-bond donors (Lipinski definition) is 1. The number of methoxy groups -OCH3 is 1. The van der Waals surface area contributed by atoms with Crippen molar-refractivity contribution in [3.8, 4) is 5.75 Å². The van der Waals surface area contributed by atoms with Crippen LogP contribution in [0.15, 0.2) is 48.5 Å². The molecule has 0 saturated carbocycles. The number of benzene rings is 2. The zero-order valence-corrected chi connectivity index (χ0v) is 18.3. The minimum Gasteiger partial charge on any atom is -0.497 e. The Balaban J connectivity index is 1.41. The van der Waals surface area contributed by atoms with Crippen molar-refractivity contribution in [1.82, 2.24) is 10.2 Å². The fourth-order valence-corrected chi connectivity index (χ4v) is 4.56. The summed E-state index contributed by atoms with van der Waals surface area (Å²) in [5.74, 6) is 0.462. The van der Waals surface area contributed by atoms with Gasteiger partial charge in [0.25, 0.3) is 0 Å². The average molecular weight is 422 g/mol. The van der Waals surface area contributed by atoms with Crippen LogP contribution in [0.2, 0.25) is 0 Å². The van der Waals surface area contributed by atoms with Crippen LogP contribution < -0.4 is 15.0 Å². The Morgan fingerprint density at radius 2 is 1.90 bits per heavy atom. The largest absolute Gasteiger partial charge is 0.497 e. The lowest BCUT2D eigenvalue weighted by atomic mass is 10.0. The van der Waals surface area contributed by atoms with Crippen molar-refractivity contribution >= 4 is 17.5 Å². The molecule has 0 aliphatic carbocycles. The van der Waals surface area contributed by atoms with Crippen LogP contribution in [0.25, 0.3) is 0 Å². The highest BCUT2D eigenvalue weighted by molar-refractivity contribution is 6.00. The van der Waals surface area contributed by atoms with Crippen LogP contribution in [-0.4, -0.2) is 50.0 Å². The number of amides is 2. The highest BCUT2D eigenvalue weighted by Gasteiger charge is 2.35. The van der Waals surface area contributed by atoms with E-state index >= 15 is 0 Å². The molecule has 31 heavy (non-hydrogen) atoms. The summed E-state index contributed by atoms with van der Waals surface area (Å²) in [7, 11) is 1.67. The average Bonchev–Trinajstić information content (AvgIpc) is 3.45. The molecule has 2 atom stereocenters. The van der Waals surface area contributed by atoms with Crippen LogP contribution in [0.5, 0.6) is 5.75 Å². The highest BCUT2D eigenvalue weighted by atomic mass is 16.5. The summed E-state index contributed by atoms with van der Waals surface area (Å²) in [5.41, 5.74) is 3.15. The van der Waals surface area contributed by atoms with Crippen LogP contribution in [0.3, 0.4) is 0 Å². The lowest BCUT2D eigenvalue weighted by Crippen LogP contribution is -2.40. The van der Waals surface area contributed by atoms with E-state index in [0.29, 0.717) is 13.1 Å². The Kier molecular flexibility index (Phi) is 6.56. The SMILES string of the molecule is COc1cccc(C(CNC(=O)C2CC(=O)N(c3ccc(C)cc3)C2)N2CCCC2)c1. The van der Waals surface area contributed by atoms with Gasteiger partial charge in [-0.2, -0.15) is 0 Å². The van der Waals surface area contributed by atoms with Crippen molar-refractivity contribution in [3.05, 3.63) is 59.7 Å². The zero-order valence-electron chi connectivity index (χ0n) is 18.3. The normalized spacial score (nSPS) is 20.1. The number of anilines is 1. The van der Waals surface area contributed by atoms with Gasteiger partial charge in [0.2, 0.25) is 11.8 Å². The second-order valence-corrected chi connectivity index (χ2v) is 8.52. The second kappa shape index (κ2) is 9.52. The molecule has 2 amide bonds. The summed E-state index contributed by atoms with van der Waals surface area (Å²) < 4.78 is 5.40. The third-order valence-electron chi connectivity index (χ3n) is 6.37. The molecular weight excluding hydrogens is 390 g/mol. The summed E-state index contributed by atoms with van der Waals surface area (Å²) in [6, 6.07) is 16.0. The molecule has 164 valence electrons. The molecule has 2 saturated heterocycles. The van der Waals surface area contributed by atoms with E-state index in [1.807, 2.05) is 49.4 Å². The molecule has 0 radical (unpaired) electrons. The number of ether oxygens (including phenoxy) is 1. The molecule has 2 unspecified atom stereocenters. The first-order valence-corrected chi connectivity index (χ1v) is 11.1. The van der Waals surface area contributed by atoms with Gasteiger partial charge in [-0.3, -0.25) is 14.5 Å². The van der Waals surface area contributed by atoms with Crippen molar-refractivity contribution in [1.29, 1.82) is 0 Å². The summed E-state index contributed by atoms with van der Waals surface area (Å²) in [6.07, 6.45) is 2.61. The molecule has 6 nitrogen and oxygen atoms in total. The highest BCUT2D eigenvalue weighted by Crippen LogP contribution is 2.28. The lowest BCUT2D eigenvalue weighted by Gasteiger charge is -2.29. The predicted octanol–water partition coefficient (Wildman–Crippen LogP) is 3.31. The van der Waals surface area contributed by atoms with Gasteiger partial charge in [0.1, 0.15) is 5.75 Å². The summed E-state index contributed by atoms with van der Waals surface area (Å²) in [4.78, 5) is 29.6. The van der Waals surface area contributed by atoms with Crippen LogP contribution in [0.1, 0.15) is 36.4 Å². The number of aryl methyl sites for hydroxylation is 1. The molecule has 2 aromatic rings. The van der Waals surface area contributed by atoms with Crippen LogP contribution in [-0.2, 0) is 9.59 Å². The quantitative estimate of drug-likeness (QED) is 0.745. The molecule has 0 bridgehead atoms. The van der Waals surface area contributed by atoms with E-state index in [1.165, 1.54) is 12.8 Å². The molecule has 2 aliphatic heterocycles. The number of carbonyl (C=O) groups excluding carboxylic acids is 2. The van der Waals surface area contributed by atoms with Crippen molar-refractivity contribution in [3.63, 3.8) is 0 Å².